The summed E-state index contributed by atoms with van der Waals surface area (Å²) < 4.78 is 0. The van der Waals surface area contributed by atoms with E-state index in [4.69, 9.17) is 0 Å². The SMILES string of the molecule is [H-].[Li+].[Li+].c1cc[cH-]c1. The van der Waals surface area contributed by atoms with Crippen molar-refractivity contribution in [3.05, 3.63) is 30.3 Å². The van der Waals surface area contributed by atoms with Gasteiger partial charge in [0, 0.05) is 0 Å². The molecule has 1 rings (SSSR count). The second-order valence-electron chi connectivity index (χ2n) is 0.962. The van der Waals surface area contributed by atoms with E-state index in [-0.39, 0.29) is 39.1 Å². The van der Waals surface area contributed by atoms with Gasteiger partial charge in [-0.05, 0) is 0 Å². The molecule has 0 N–H and O–H groups in total. The van der Waals surface area contributed by atoms with Gasteiger partial charge in [0.15, 0.2) is 0 Å². The fourth-order valence-corrected chi connectivity index (χ4v) is 0.321. The van der Waals surface area contributed by atoms with E-state index in [1.807, 2.05) is 30.3 Å². The summed E-state index contributed by atoms with van der Waals surface area (Å²) in [6, 6.07) is 10.0. The zero-order chi connectivity index (χ0) is 3.54. The van der Waals surface area contributed by atoms with Crippen LogP contribution in [0.5, 0.6) is 0 Å². The Morgan fingerprint density at radius 3 is 1.57 bits per heavy atom. The molecule has 0 saturated carbocycles. The third-order valence-electron chi connectivity index (χ3n) is 0.556. The second-order valence-corrected chi connectivity index (χ2v) is 0.962. The zero-order valence-electron chi connectivity index (χ0n) is 5.89. The molecule has 0 unspecified atom stereocenters. The maximum Gasteiger partial charge on any atom is 1.00 e. The van der Waals surface area contributed by atoms with Crippen LogP contribution in [0.1, 0.15) is 1.43 Å². The number of rotatable bonds is 0. The van der Waals surface area contributed by atoms with Crippen molar-refractivity contribution in [3.63, 3.8) is 0 Å². The molecular weight excluding hydrogens is 73.9 g/mol. The van der Waals surface area contributed by atoms with E-state index in [1.54, 1.807) is 0 Å². The van der Waals surface area contributed by atoms with E-state index >= 15 is 0 Å². The molecule has 0 bridgehead atoms. The van der Waals surface area contributed by atoms with Crippen LogP contribution in [-0.4, -0.2) is 0 Å². The van der Waals surface area contributed by atoms with Crippen LogP contribution in [0.3, 0.4) is 0 Å². The van der Waals surface area contributed by atoms with Crippen molar-refractivity contribution in [2.24, 2.45) is 0 Å². The minimum atomic E-state index is 0. The monoisotopic (exact) mass is 80.1 g/mol. The number of hydrogen-bond acceptors (Lipinski definition) is 0. The van der Waals surface area contributed by atoms with Crippen LogP contribution in [-0.2, 0) is 0 Å². The van der Waals surface area contributed by atoms with Crippen LogP contribution in [0.15, 0.2) is 30.3 Å². The Kier molecular flexibility index (Phi) is 9.83. The van der Waals surface area contributed by atoms with Gasteiger partial charge in [0.25, 0.3) is 0 Å². The number of hydrogen-bond donors (Lipinski definition) is 0. The Labute approximate surface area is 69.5 Å². The first-order chi connectivity index (χ1) is 2.50. The normalized spacial score (nSPS) is 5.71. The van der Waals surface area contributed by atoms with Gasteiger partial charge in [-0.1, -0.05) is 0 Å². The summed E-state index contributed by atoms with van der Waals surface area (Å²) in [4.78, 5) is 0. The van der Waals surface area contributed by atoms with E-state index in [1.165, 1.54) is 0 Å². The minimum absolute atomic E-state index is 0. The summed E-state index contributed by atoms with van der Waals surface area (Å²) >= 11 is 0. The van der Waals surface area contributed by atoms with E-state index in [0.29, 0.717) is 0 Å². The fraction of sp³-hybridized carbons (Fsp3) is 0. The summed E-state index contributed by atoms with van der Waals surface area (Å²) in [5.41, 5.74) is 0. The van der Waals surface area contributed by atoms with Crippen LogP contribution in [0.25, 0.3) is 0 Å². The predicted octanol–water partition coefficient (Wildman–Crippen LogP) is -4.47. The fourth-order valence-electron chi connectivity index (χ4n) is 0.321. The maximum atomic E-state index is 2.00. The molecule has 0 aromatic heterocycles. The van der Waals surface area contributed by atoms with E-state index in [0.717, 1.165) is 0 Å². The van der Waals surface area contributed by atoms with Crippen molar-refractivity contribution in [1.82, 2.24) is 0 Å². The van der Waals surface area contributed by atoms with Gasteiger partial charge >= 0.3 is 37.7 Å². The van der Waals surface area contributed by atoms with E-state index < -0.39 is 0 Å². The van der Waals surface area contributed by atoms with Crippen LogP contribution in [0.4, 0.5) is 0 Å². The van der Waals surface area contributed by atoms with Crippen LogP contribution in [0.2, 0.25) is 0 Å². The molecule has 1 aromatic carbocycles. The van der Waals surface area contributed by atoms with Gasteiger partial charge in [0.1, 0.15) is 0 Å². The third-order valence-corrected chi connectivity index (χ3v) is 0.556. The molecule has 0 aliphatic rings. The van der Waals surface area contributed by atoms with Gasteiger partial charge in [0.2, 0.25) is 0 Å². The largest absolute Gasteiger partial charge is 1.00 e. The zero-order valence-corrected chi connectivity index (χ0v) is 4.89. The van der Waals surface area contributed by atoms with Gasteiger partial charge in [-0.2, -0.15) is 18.2 Å². The maximum absolute atomic E-state index is 2.00. The van der Waals surface area contributed by atoms with Crippen LogP contribution in [0, 0.1) is 0 Å². The summed E-state index contributed by atoms with van der Waals surface area (Å²) in [6.07, 6.45) is 0. The molecule has 0 saturated heterocycles. The molecular formula is C5H6Li2. The van der Waals surface area contributed by atoms with Crippen molar-refractivity contribution in [3.8, 4) is 0 Å². The molecule has 0 aliphatic heterocycles. The van der Waals surface area contributed by atoms with Crippen molar-refractivity contribution in [2.75, 3.05) is 0 Å². The molecule has 0 aliphatic carbocycles. The van der Waals surface area contributed by atoms with Gasteiger partial charge in [-0.3, -0.25) is 0 Å². The quantitative estimate of drug-likeness (QED) is 0.218. The topological polar surface area (TPSA) is 0 Å². The summed E-state index contributed by atoms with van der Waals surface area (Å²) in [5, 5.41) is 0. The molecule has 7 heavy (non-hydrogen) atoms. The Hall–Kier alpha value is 0.545. The van der Waals surface area contributed by atoms with Crippen LogP contribution >= 0.6 is 0 Å². The average Bonchev–Trinajstić information content (AvgIpc) is 1.76. The summed E-state index contributed by atoms with van der Waals surface area (Å²) in [5.74, 6) is 0. The Balaban J connectivity index is -0.0000000833. The first-order valence-corrected chi connectivity index (χ1v) is 1.67. The molecule has 2 heteroatoms. The van der Waals surface area contributed by atoms with Crippen LogP contribution < -0.4 is 37.7 Å². The first kappa shape index (κ1) is 10.5. The molecule has 0 nitrogen and oxygen atoms in total. The average molecular weight is 80.0 g/mol. The molecule has 1 aromatic rings. The molecule has 28 valence electrons. The minimum Gasteiger partial charge on any atom is -1.00 e. The van der Waals surface area contributed by atoms with Crippen molar-refractivity contribution < 1.29 is 39.1 Å². The van der Waals surface area contributed by atoms with Gasteiger partial charge in [0.05, 0.1) is 0 Å². The summed E-state index contributed by atoms with van der Waals surface area (Å²) in [6.45, 7) is 0. The van der Waals surface area contributed by atoms with E-state index in [2.05, 4.69) is 0 Å². The molecule has 0 fully saturated rings. The predicted molar refractivity (Wildman–Crippen MR) is 23.1 cm³/mol. The third kappa shape index (κ3) is 4.40. The molecule has 0 radical (unpaired) electrons. The van der Waals surface area contributed by atoms with Crippen molar-refractivity contribution >= 4 is 0 Å². The molecule has 0 atom stereocenters. The second kappa shape index (κ2) is 6.54. The Bertz CT molecular complexity index is 66.9. The molecule has 0 heterocycles. The smallest absolute Gasteiger partial charge is 1.00 e. The van der Waals surface area contributed by atoms with Crippen molar-refractivity contribution in [2.45, 2.75) is 0 Å². The first-order valence-electron chi connectivity index (χ1n) is 1.67. The Morgan fingerprint density at radius 1 is 1.00 bits per heavy atom. The molecule has 0 amide bonds. The standard InChI is InChI=1S/C5H5.2Li.H/c1-2-4-5-3-1;;;/h1-5H;;;/q-1;2*+1;-1. The van der Waals surface area contributed by atoms with Crippen molar-refractivity contribution in [1.29, 1.82) is 0 Å². The van der Waals surface area contributed by atoms with E-state index in [9.17, 15) is 0 Å². The van der Waals surface area contributed by atoms with Gasteiger partial charge in [-0.25, -0.2) is 12.1 Å². The Morgan fingerprint density at radius 2 is 1.43 bits per heavy atom. The molecule has 0 spiro atoms. The van der Waals surface area contributed by atoms with Gasteiger partial charge < -0.3 is 1.43 Å². The summed E-state index contributed by atoms with van der Waals surface area (Å²) in [7, 11) is 0. The van der Waals surface area contributed by atoms with Gasteiger partial charge in [-0.15, -0.1) is 0 Å².